The number of hydrazone groups is 1. The maximum absolute atomic E-state index is 12.8. The van der Waals surface area contributed by atoms with Gasteiger partial charge in [-0.3, -0.25) is 4.79 Å². The maximum Gasteiger partial charge on any atom is 0.417 e. The van der Waals surface area contributed by atoms with Gasteiger partial charge in [0.15, 0.2) is 6.61 Å². The molecule has 1 amide bonds. The van der Waals surface area contributed by atoms with E-state index in [2.05, 4.69) is 26.5 Å². The molecule has 4 nitrogen and oxygen atoms in total. The first kappa shape index (κ1) is 18.0. The molecule has 0 bridgehead atoms. The summed E-state index contributed by atoms with van der Waals surface area (Å²) in [5.41, 5.74) is 1.16. The lowest BCUT2D eigenvalue weighted by Crippen LogP contribution is -2.24. The van der Waals surface area contributed by atoms with Crippen LogP contribution in [-0.4, -0.2) is 18.7 Å². The van der Waals surface area contributed by atoms with Gasteiger partial charge in [0.05, 0.1) is 11.8 Å². The zero-order valence-electron chi connectivity index (χ0n) is 12.2. The first-order valence-electron chi connectivity index (χ1n) is 6.73. The smallest absolute Gasteiger partial charge is 0.417 e. The van der Waals surface area contributed by atoms with E-state index in [1.807, 2.05) is 0 Å². The number of alkyl halides is 3. The second-order valence-corrected chi connectivity index (χ2v) is 5.54. The van der Waals surface area contributed by atoms with Crippen molar-refractivity contribution in [2.45, 2.75) is 6.18 Å². The Hall–Kier alpha value is -2.35. The molecule has 0 saturated carbocycles. The summed E-state index contributed by atoms with van der Waals surface area (Å²) < 4.78 is 44.5. The lowest BCUT2D eigenvalue weighted by molar-refractivity contribution is -0.137. The average Bonchev–Trinajstić information content (AvgIpc) is 2.54. The van der Waals surface area contributed by atoms with Crippen molar-refractivity contribution >= 4 is 28.1 Å². The fourth-order valence-electron chi connectivity index (χ4n) is 1.75. The second kappa shape index (κ2) is 7.96. The number of carbonyl (C=O) groups is 1. The van der Waals surface area contributed by atoms with Gasteiger partial charge in [0, 0.05) is 10.0 Å². The second-order valence-electron chi connectivity index (χ2n) is 4.62. The fourth-order valence-corrected chi connectivity index (χ4v) is 2.02. The van der Waals surface area contributed by atoms with Gasteiger partial charge in [0.25, 0.3) is 5.91 Å². The Bertz CT molecular complexity index is 731. The van der Waals surface area contributed by atoms with Crippen molar-refractivity contribution in [3.63, 3.8) is 0 Å². The molecule has 2 aromatic carbocycles. The quantitative estimate of drug-likeness (QED) is 0.609. The minimum Gasteiger partial charge on any atom is -0.484 e. The first-order chi connectivity index (χ1) is 11.4. The SMILES string of the molecule is O=C(COc1ccc(Br)cc1)N/N=C\c1ccccc1C(F)(F)F. The Labute approximate surface area is 144 Å². The summed E-state index contributed by atoms with van der Waals surface area (Å²) in [7, 11) is 0. The summed E-state index contributed by atoms with van der Waals surface area (Å²) in [6, 6.07) is 11.8. The van der Waals surface area contributed by atoms with Gasteiger partial charge in [0.1, 0.15) is 5.75 Å². The molecule has 8 heteroatoms. The molecule has 1 N–H and O–H groups in total. The number of hydrogen-bond donors (Lipinski definition) is 1. The summed E-state index contributed by atoms with van der Waals surface area (Å²) >= 11 is 3.27. The molecule has 0 aliphatic heterocycles. The molecule has 126 valence electrons. The van der Waals surface area contributed by atoms with Crippen LogP contribution in [0.3, 0.4) is 0 Å². The molecule has 2 aromatic rings. The van der Waals surface area contributed by atoms with E-state index in [-0.39, 0.29) is 12.2 Å². The number of ether oxygens (including phenoxy) is 1. The van der Waals surface area contributed by atoms with E-state index in [4.69, 9.17) is 4.74 Å². The van der Waals surface area contributed by atoms with E-state index < -0.39 is 17.6 Å². The molecule has 0 unspecified atom stereocenters. The minimum absolute atomic E-state index is 0.140. The Morgan fingerprint density at radius 1 is 1.17 bits per heavy atom. The topological polar surface area (TPSA) is 50.7 Å². The first-order valence-corrected chi connectivity index (χ1v) is 7.52. The van der Waals surface area contributed by atoms with Gasteiger partial charge in [-0.05, 0) is 30.3 Å². The predicted octanol–water partition coefficient (Wildman–Crippen LogP) is 4.00. The third kappa shape index (κ3) is 5.38. The van der Waals surface area contributed by atoms with Crippen LogP contribution in [-0.2, 0) is 11.0 Å². The van der Waals surface area contributed by atoms with Crippen molar-refractivity contribution in [1.82, 2.24) is 5.43 Å². The molecule has 0 atom stereocenters. The summed E-state index contributed by atoms with van der Waals surface area (Å²) in [6.07, 6.45) is -3.54. The molecule has 24 heavy (non-hydrogen) atoms. The number of hydrogen-bond acceptors (Lipinski definition) is 3. The lowest BCUT2D eigenvalue weighted by Gasteiger charge is -2.09. The van der Waals surface area contributed by atoms with Crippen LogP contribution >= 0.6 is 15.9 Å². The van der Waals surface area contributed by atoms with E-state index in [1.165, 1.54) is 18.2 Å². The monoisotopic (exact) mass is 400 g/mol. The molecular weight excluding hydrogens is 389 g/mol. The van der Waals surface area contributed by atoms with Crippen molar-refractivity contribution < 1.29 is 22.7 Å². The van der Waals surface area contributed by atoms with Crippen LogP contribution in [0.25, 0.3) is 0 Å². The van der Waals surface area contributed by atoms with Gasteiger partial charge in [-0.25, -0.2) is 5.43 Å². The van der Waals surface area contributed by atoms with Crippen molar-refractivity contribution in [2.75, 3.05) is 6.61 Å². The van der Waals surface area contributed by atoms with Gasteiger partial charge in [-0.15, -0.1) is 0 Å². The molecule has 0 spiro atoms. The molecule has 0 aliphatic rings. The minimum atomic E-state index is -4.49. The van der Waals surface area contributed by atoms with Crippen molar-refractivity contribution in [3.05, 3.63) is 64.1 Å². The Morgan fingerprint density at radius 3 is 2.50 bits per heavy atom. The summed E-state index contributed by atoms with van der Waals surface area (Å²) in [4.78, 5) is 11.6. The number of nitrogens with zero attached hydrogens (tertiary/aromatic N) is 1. The van der Waals surface area contributed by atoms with Crippen LogP contribution in [0.4, 0.5) is 13.2 Å². The van der Waals surface area contributed by atoms with Crippen LogP contribution in [0.15, 0.2) is 58.1 Å². The van der Waals surface area contributed by atoms with E-state index >= 15 is 0 Å². The van der Waals surface area contributed by atoms with Gasteiger partial charge in [-0.2, -0.15) is 18.3 Å². The van der Waals surface area contributed by atoms with Crippen LogP contribution < -0.4 is 10.2 Å². The lowest BCUT2D eigenvalue weighted by atomic mass is 10.1. The summed E-state index contributed by atoms with van der Waals surface area (Å²) in [5, 5.41) is 3.53. The molecular formula is C16H12BrF3N2O2. The largest absolute Gasteiger partial charge is 0.484 e. The highest BCUT2D eigenvalue weighted by Crippen LogP contribution is 2.31. The van der Waals surface area contributed by atoms with Gasteiger partial charge < -0.3 is 4.74 Å². The number of amides is 1. The highest BCUT2D eigenvalue weighted by Gasteiger charge is 2.32. The molecule has 0 fully saturated rings. The molecule has 0 radical (unpaired) electrons. The normalized spacial score (nSPS) is 11.5. The third-order valence-corrected chi connectivity index (χ3v) is 3.37. The van der Waals surface area contributed by atoms with E-state index in [0.717, 1.165) is 16.8 Å². The molecule has 0 heterocycles. The molecule has 0 aromatic heterocycles. The molecule has 0 saturated heterocycles. The Balaban J connectivity index is 1.90. The van der Waals surface area contributed by atoms with Gasteiger partial charge in [-0.1, -0.05) is 34.1 Å². The highest BCUT2D eigenvalue weighted by atomic mass is 79.9. The summed E-state index contributed by atoms with van der Waals surface area (Å²) in [6.45, 7) is -0.306. The Kier molecular flexibility index (Phi) is 5.97. The van der Waals surface area contributed by atoms with E-state index in [1.54, 1.807) is 24.3 Å². The number of rotatable bonds is 5. The number of halogens is 4. The summed E-state index contributed by atoms with van der Waals surface area (Å²) in [5.74, 6) is -0.0987. The van der Waals surface area contributed by atoms with Gasteiger partial charge in [0.2, 0.25) is 0 Å². The number of benzene rings is 2. The zero-order valence-corrected chi connectivity index (χ0v) is 13.8. The third-order valence-electron chi connectivity index (χ3n) is 2.84. The van der Waals surface area contributed by atoms with Crippen LogP contribution in [0.1, 0.15) is 11.1 Å². The molecule has 0 aliphatic carbocycles. The molecule has 2 rings (SSSR count). The van der Waals surface area contributed by atoms with Crippen LogP contribution in [0, 0.1) is 0 Å². The average molecular weight is 401 g/mol. The van der Waals surface area contributed by atoms with E-state index in [9.17, 15) is 18.0 Å². The zero-order chi connectivity index (χ0) is 17.6. The fraction of sp³-hybridized carbons (Fsp3) is 0.125. The van der Waals surface area contributed by atoms with Gasteiger partial charge >= 0.3 is 6.18 Å². The van der Waals surface area contributed by atoms with Crippen LogP contribution in [0.2, 0.25) is 0 Å². The Morgan fingerprint density at radius 2 is 1.83 bits per heavy atom. The van der Waals surface area contributed by atoms with Crippen LogP contribution in [0.5, 0.6) is 5.75 Å². The standard InChI is InChI=1S/C16H12BrF3N2O2/c17-12-5-7-13(8-6-12)24-10-15(23)22-21-9-11-3-1-2-4-14(11)16(18,19)20/h1-9H,10H2,(H,22,23)/b21-9-. The van der Waals surface area contributed by atoms with Crippen molar-refractivity contribution in [3.8, 4) is 5.75 Å². The predicted molar refractivity (Wildman–Crippen MR) is 86.8 cm³/mol. The number of carbonyl (C=O) groups excluding carboxylic acids is 1. The van der Waals surface area contributed by atoms with Crippen molar-refractivity contribution in [2.24, 2.45) is 5.10 Å². The highest BCUT2D eigenvalue weighted by molar-refractivity contribution is 9.10. The van der Waals surface area contributed by atoms with E-state index in [0.29, 0.717) is 5.75 Å². The van der Waals surface area contributed by atoms with Crippen molar-refractivity contribution in [1.29, 1.82) is 0 Å². The maximum atomic E-state index is 12.8. The number of nitrogens with one attached hydrogen (secondary N) is 1.